The summed E-state index contributed by atoms with van der Waals surface area (Å²) in [5, 5.41) is 0. The zero-order valence-corrected chi connectivity index (χ0v) is 34.2. The summed E-state index contributed by atoms with van der Waals surface area (Å²) in [6.45, 7) is 12.2. The zero-order chi connectivity index (χ0) is 35.6. The largest absolute Gasteiger partial charge is 0.398 e. The summed E-state index contributed by atoms with van der Waals surface area (Å²) in [6.07, 6.45) is 9.64. The molecule has 0 saturated carbocycles. The smallest absolute Gasteiger partial charge is 0.334 e. The molecule has 0 aromatic heterocycles. The second kappa shape index (κ2) is 18.9. The minimum atomic E-state index is -2.08. The van der Waals surface area contributed by atoms with Crippen LogP contribution in [0, 0.1) is 11.8 Å². The molecule has 2 unspecified atom stereocenters. The van der Waals surface area contributed by atoms with Gasteiger partial charge in [0.1, 0.15) is 0 Å². The van der Waals surface area contributed by atoms with E-state index in [4.69, 9.17) is 8.85 Å². The topological polar surface area (TPSA) is 59.1 Å². The Kier molecular flexibility index (Phi) is 15.3. The lowest BCUT2D eigenvalue weighted by Gasteiger charge is -2.29. The highest BCUT2D eigenvalue weighted by molar-refractivity contribution is 9.10. The van der Waals surface area contributed by atoms with Crippen molar-refractivity contribution in [3.05, 3.63) is 75.3 Å². The molecule has 0 radical (unpaired) electrons. The van der Waals surface area contributed by atoms with Crippen LogP contribution in [-0.4, -0.2) is 63.2 Å². The van der Waals surface area contributed by atoms with Gasteiger partial charge >= 0.3 is 8.56 Å². The summed E-state index contributed by atoms with van der Waals surface area (Å²) in [5.41, 5.74) is 4.52. The average molecular weight is 770 g/mol. The maximum Gasteiger partial charge on any atom is 0.334 e. The standard InChI is InChI=1S/C40H57BrN2O4SSi/c1-8-12-15-29(10-3)27-42-37(31-17-21-33(41)22-18-31)35-36(40(42)45)38(43(39(35)44)28-30(11-4)16-13-9-2)32-19-23-34(24-20-32)48-25-14-26-49(7,46-5)47-6/h17-24,29-30H,8-16,25-28H2,1-7H3. The molecule has 0 spiro atoms. The molecular formula is C40H57BrN2O4SSi. The second-order valence-electron chi connectivity index (χ2n) is 13.6. The van der Waals surface area contributed by atoms with Gasteiger partial charge in [-0.15, -0.1) is 11.8 Å². The molecule has 0 aliphatic carbocycles. The van der Waals surface area contributed by atoms with Crippen molar-refractivity contribution in [3.63, 3.8) is 0 Å². The molecule has 2 heterocycles. The summed E-state index contributed by atoms with van der Waals surface area (Å²) < 4.78 is 12.3. The van der Waals surface area contributed by atoms with Gasteiger partial charge < -0.3 is 18.7 Å². The first-order valence-corrected chi connectivity index (χ1v) is 22.7. The van der Waals surface area contributed by atoms with Crippen molar-refractivity contribution in [2.45, 2.75) is 103 Å². The molecule has 2 amide bonds. The van der Waals surface area contributed by atoms with Gasteiger partial charge in [-0.3, -0.25) is 9.59 Å². The van der Waals surface area contributed by atoms with Gasteiger partial charge in [0.2, 0.25) is 0 Å². The molecule has 6 nitrogen and oxygen atoms in total. The Morgan fingerprint density at radius 2 is 1.16 bits per heavy atom. The van der Waals surface area contributed by atoms with E-state index >= 15 is 0 Å². The van der Waals surface area contributed by atoms with Crippen molar-refractivity contribution in [2.24, 2.45) is 11.8 Å². The number of halogens is 1. The van der Waals surface area contributed by atoms with Crippen LogP contribution in [0.4, 0.5) is 0 Å². The summed E-state index contributed by atoms with van der Waals surface area (Å²) in [5.74, 6) is 1.61. The number of benzene rings is 2. The van der Waals surface area contributed by atoms with E-state index in [1.54, 1.807) is 14.2 Å². The minimum absolute atomic E-state index is 0.0442. The number of unbranched alkanes of at least 4 members (excludes halogenated alkanes) is 2. The molecule has 2 aromatic rings. The van der Waals surface area contributed by atoms with Crippen molar-refractivity contribution >= 4 is 59.5 Å². The fourth-order valence-corrected chi connectivity index (χ4v) is 9.65. The van der Waals surface area contributed by atoms with Crippen molar-refractivity contribution in [1.82, 2.24) is 9.80 Å². The summed E-state index contributed by atoms with van der Waals surface area (Å²) in [6, 6.07) is 17.5. The molecular weight excluding hydrogens is 713 g/mol. The third kappa shape index (κ3) is 9.59. The molecule has 268 valence electrons. The van der Waals surface area contributed by atoms with Crippen molar-refractivity contribution in [1.29, 1.82) is 0 Å². The lowest BCUT2D eigenvalue weighted by Crippen LogP contribution is -2.35. The monoisotopic (exact) mass is 768 g/mol. The first-order chi connectivity index (χ1) is 23.6. The average Bonchev–Trinajstić information content (AvgIpc) is 3.56. The highest BCUT2D eigenvalue weighted by Gasteiger charge is 2.49. The number of hydrogen-bond donors (Lipinski definition) is 0. The number of carbonyl (C=O) groups excluding carboxylic acids is 2. The minimum Gasteiger partial charge on any atom is -0.398 e. The van der Waals surface area contributed by atoms with Gasteiger partial charge in [-0.05, 0) is 84.8 Å². The number of amides is 2. The second-order valence-corrected chi connectivity index (χ2v) is 19.3. The number of rotatable bonds is 21. The Morgan fingerprint density at radius 3 is 1.57 bits per heavy atom. The van der Waals surface area contributed by atoms with Crippen LogP contribution >= 0.6 is 27.7 Å². The Morgan fingerprint density at radius 1 is 0.714 bits per heavy atom. The molecule has 2 aliphatic heterocycles. The Hall–Kier alpha value is -2.17. The number of hydrogen-bond acceptors (Lipinski definition) is 5. The van der Waals surface area contributed by atoms with Gasteiger partial charge in [0.25, 0.3) is 11.8 Å². The Labute approximate surface area is 309 Å². The molecule has 49 heavy (non-hydrogen) atoms. The van der Waals surface area contributed by atoms with Crippen molar-refractivity contribution < 1.29 is 18.4 Å². The zero-order valence-electron chi connectivity index (χ0n) is 30.8. The van der Waals surface area contributed by atoms with Crippen LogP contribution in [0.25, 0.3) is 11.4 Å². The lowest BCUT2D eigenvalue weighted by atomic mass is 9.97. The number of nitrogens with zero attached hydrogens (tertiary/aromatic N) is 2. The molecule has 0 fully saturated rings. The first kappa shape index (κ1) is 39.6. The number of fused-ring (bicyclic) bond motifs is 1. The maximum atomic E-state index is 14.8. The molecule has 0 N–H and O–H groups in total. The van der Waals surface area contributed by atoms with Crippen molar-refractivity contribution in [3.8, 4) is 0 Å². The molecule has 9 heteroatoms. The third-order valence-electron chi connectivity index (χ3n) is 10.3. The van der Waals surface area contributed by atoms with Crippen LogP contribution in [0.3, 0.4) is 0 Å². The fourth-order valence-electron chi connectivity index (χ4n) is 6.88. The van der Waals surface area contributed by atoms with E-state index in [9.17, 15) is 9.59 Å². The van der Waals surface area contributed by atoms with E-state index in [0.29, 0.717) is 36.1 Å². The maximum absolute atomic E-state index is 14.8. The predicted octanol–water partition coefficient (Wildman–Crippen LogP) is 10.5. The van der Waals surface area contributed by atoms with Crippen LogP contribution in [0.5, 0.6) is 0 Å². The lowest BCUT2D eigenvalue weighted by molar-refractivity contribution is -0.124. The van der Waals surface area contributed by atoms with Gasteiger partial charge in [0.05, 0.1) is 22.5 Å². The summed E-state index contributed by atoms with van der Waals surface area (Å²) in [7, 11) is 1.41. The van der Waals surface area contributed by atoms with Crippen LogP contribution in [0.2, 0.25) is 12.6 Å². The molecule has 0 saturated heterocycles. The molecule has 0 bridgehead atoms. The highest BCUT2D eigenvalue weighted by Crippen LogP contribution is 2.47. The number of carbonyl (C=O) groups is 2. The van der Waals surface area contributed by atoms with Crippen LogP contribution in [-0.2, 0) is 18.4 Å². The van der Waals surface area contributed by atoms with Gasteiger partial charge in [0, 0.05) is 36.7 Å². The van der Waals surface area contributed by atoms with E-state index in [0.717, 1.165) is 96.6 Å². The SMILES string of the molecule is CCCCC(CC)CN1C(=O)C2=C(c3ccc(SCCC[Si](C)(OC)OC)cc3)N(CC(CC)CCCC)C(=O)C2=C1c1ccc(Br)cc1. The molecule has 4 rings (SSSR count). The van der Waals surface area contributed by atoms with E-state index < -0.39 is 8.56 Å². The Balaban J connectivity index is 1.77. The first-order valence-electron chi connectivity index (χ1n) is 18.4. The third-order valence-corrected chi connectivity index (χ3v) is 14.9. The number of thioether (sulfide) groups is 1. The molecule has 2 aromatic carbocycles. The fraction of sp³-hybridized carbons (Fsp3) is 0.550. The van der Waals surface area contributed by atoms with Gasteiger partial charge in [0.15, 0.2) is 0 Å². The van der Waals surface area contributed by atoms with E-state index in [1.807, 2.05) is 45.8 Å². The van der Waals surface area contributed by atoms with E-state index in [2.05, 4.69) is 74.4 Å². The Bertz CT molecular complexity index is 1470. The highest BCUT2D eigenvalue weighted by atomic mass is 79.9. The summed E-state index contributed by atoms with van der Waals surface area (Å²) >= 11 is 5.40. The molecule has 2 atom stereocenters. The van der Waals surface area contributed by atoms with E-state index in [-0.39, 0.29) is 11.8 Å². The van der Waals surface area contributed by atoms with Crippen LogP contribution < -0.4 is 0 Å². The quantitative estimate of drug-likeness (QED) is 0.0719. The van der Waals surface area contributed by atoms with Crippen LogP contribution in [0.15, 0.2) is 69.0 Å². The van der Waals surface area contributed by atoms with Crippen molar-refractivity contribution in [2.75, 3.05) is 33.1 Å². The van der Waals surface area contributed by atoms with Gasteiger partial charge in [-0.25, -0.2) is 0 Å². The predicted molar refractivity (Wildman–Crippen MR) is 210 cm³/mol. The van der Waals surface area contributed by atoms with Crippen LogP contribution in [0.1, 0.15) is 96.6 Å². The normalized spacial score (nSPS) is 16.3. The van der Waals surface area contributed by atoms with E-state index in [1.165, 1.54) is 4.90 Å². The molecule has 2 aliphatic rings. The van der Waals surface area contributed by atoms with Gasteiger partial charge in [-0.2, -0.15) is 0 Å². The van der Waals surface area contributed by atoms with Gasteiger partial charge in [-0.1, -0.05) is 106 Å². The summed E-state index contributed by atoms with van der Waals surface area (Å²) in [4.78, 5) is 34.6.